The summed E-state index contributed by atoms with van der Waals surface area (Å²) in [7, 11) is 0. The molecule has 1 N–H and O–H groups in total. The van der Waals surface area contributed by atoms with Gasteiger partial charge in [0, 0.05) is 16.7 Å². The summed E-state index contributed by atoms with van der Waals surface area (Å²) in [4.78, 5) is 8.61. The molecule has 2 aromatic carbocycles. The van der Waals surface area contributed by atoms with Crippen molar-refractivity contribution in [3.8, 4) is 28.5 Å². The normalized spacial score (nSPS) is 11.0. The minimum absolute atomic E-state index is 0.141. The van der Waals surface area contributed by atoms with E-state index in [1.807, 2.05) is 57.2 Å². The SMILES string of the molecule is CC(C)(C)Nc1ncc(-c2cccc(-c3ccccc3)c2F)nc1C#N. The maximum atomic E-state index is 15.1. The number of hydrogen-bond acceptors (Lipinski definition) is 4. The van der Waals surface area contributed by atoms with Gasteiger partial charge in [0.15, 0.2) is 11.5 Å². The van der Waals surface area contributed by atoms with Gasteiger partial charge in [0.2, 0.25) is 0 Å². The van der Waals surface area contributed by atoms with Crippen molar-refractivity contribution in [2.45, 2.75) is 26.3 Å². The summed E-state index contributed by atoms with van der Waals surface area (Å²) in [5.41, 5.74) is 1.79. The van der Waals surface area contributed by atoms with E-state index >= 15 is 4.39 Å². The molecule has 0 spiro atoms. The Morgan fingerprint density at radius 1 is 1.00 bits per heavy atom. The Morgan fingerprint density at radius 3 is 2.35 bits per heavy atom. The molecule has 1 aromatic heterocycles. The van der Waals surface area contributed by atoms with Gasteiger partial charge >= 0.3 is 0 Å². The van der Waals surface area contributed by atoms with Crippen LogP contribution in [0.3, 0.4) is 0 Å². The predicted octanol–water partition coefficient (Wildman–Crippen LogP) is 5.03. The number of rotatable bonds is 3. The second-order valence-corrected chi connectivity index (χ2v) is 6.97. The number of nitrogens with one attached hydrogen (secondary N) is 1. The van der Waals surface area contributed by atoms with E-state index in [-0.39, 0.29) is 17.1 Å². The summed E-state index contributed by atoms with van der Waals surface area (Å²) in [6.45, 7) is 5.90. The van der Waals surface area contributed by atoms with Gasteiger partial charge in [0.25, 0.3) is 0 Å². The molecule has 0 bridgehead atoms. The highest BCUT2D eigenvalue weighted by Crippen LogP contribution is 2.30. The van der Waals surface area contributed by atoms with Crippen LogP contribution in [0.5, 0.6) is 0 Å². The average Bonchev–Trinajstić information content (AvgIpc) is 2.62. The number of halogens is 1. The Labute approximate surface area is 152 Å². The average molecular weight is 346 g/mol. The van der Waals surface area contributed by atoms with E-state index in [2.05, 4.69) is 15.3 Å². The summed E-state index contributed by atoms with van der Waals surface area (Å²) >= 11 is 0. The predicted molar refractivity (Wildman–Crippen MR) is 101 cm³/mol. The lowest BCUT2D eigenvalue weighted by molar-refractivity contribution is 0.628. The number of anilines is 1. The van der Waals surface area contributed by atoms with Crippen LogP contribution >= 0.6 is 0 Å². The number of hydrogen-bond donors (Lipinski definition) is 1. The van der Waals surface area contributed by atoms with Crippen LogP contribution in [0, 0.1) is 17.1 Å². The Hall–Kier alpha value is -3.26. The van der Waals surface area contributed by atoms with E-state index in [0.29, 0.717) is 22.6 Å². The van der Waals surface area contributed by atoms with Crippen LogP contribution in [0.1, 0.15) is 26.5 Å². The molecule has 5 heteroatoms. The number of aromatic nitrogens is 2. The number of nitrogens with zero attached hydrogens (tertiary/aromatic N) is 3. The first kappa shape index (κ1) is 17.6. The first-order valence-corrected chi connectivity index (χ1v) is 8.28. The molecule has 3 rings (SSSR count). The zero-order chi connectivity index (χ0) is 18.7. The van der Waals surface area contributed by atoms with Gasteiger partial charge in [-0.15, -0.1) is 0 Å². The first-order chi connectivity index (χ1) is 12.4. The summed E-state index contributed by atoms with van der Waals surface area (Å²) in [5.74, 6) is 0.0109. The maximum absolute atomic E-state index is 15.1. The van der Waals surface area contributed by atoms with E-state index in [1.165, 1.54) is 6.20 Å². The monoisotopic (exact) mass is 346 g/mol. The zero-order valence-corrected chi connectivity index (χ0v) is 14.9. The molecule has 0 aliphatic heterocycles. The summed E-state index contributed by atoms with van der Waals surface area (Å²) in [5, 5.41) is 12.5. The highest BCUT2D eigenvalue weighted by molar-refractivity contribution is 5.73. The molecular formula is C21H19FN4. The van der Waals surface area contributed by atoms with Gasteiger partial charge < -0.3 is 5.32 Å². The van der Waals surface area contributed by atoms with Crippen LogP contribution in [0.4, 0.5) is 10.2 Å². The lowest BCUT2D eigenvalue weighted by Gasteiger charge is -2.21. The zero-order valence-electron chi connectivity index (χ0n) is 14.9. The molecule has 0 saturated heterocycles. The van der Waals surface area contributed by atoms with E-state index in [1.54, 1.807) is 18.2 Å². The topological polar surface area (TPSA) is 61.6 Å². The van der Waals surface area contributed by atoms with Crippen LogP contribution in [0.2, 0.25) is 0 Å². The molecule has 0 aliphatic carbocycles. The third-order valence-electron chi connectivity index (χ3n) is 3.73. The second kappa shape index (κ2) is 6.93. The minimum Gasteiger partial charge on any atom is -0.363 e. The van der Waals surface area contributed by atoms with Gasteiger partial charge in [-0.05, 0) is 32.4 Å². The highest BCUT2D eigenvalue weighted by Gasteiger charge is 2.18. The highest BCUT2D eigenvalue weighted by atomic mass is 19.1. The van der Waals surface area contributed by atoms with Crippen molar-refractivity contribution < 1.29 is 4.39 Å². The molecule has 26 heavy (non-hydrogen) atoms. The smallest absolute Gasteiger partial charge is 0.183 e. The van der Waals surface area contributed by atoms with Crippen molar-refractivity contribution in [3.63, 3.8) is 0 Å². The fraction of sp³-hybridized carbons (Fsp3) is 0.190. The largest absolute Gasteiger partial charge is 0.363 e. The Kier molecular flexibility index (Phi) is 4.68. The minimum atomic E-state index is -0.381. The van der Waals surface area contributed by atoms with Crippen LogP contribution in [0.25, 0.3) is 22.4 Å². The van der Waals surface area contributed by atoms with Crippen molar-refractivity contribution in [1.82, 2.24) is 9.97 Å². The van der Waals surface area contributed by atoms with Crippen LogP contribution in [-0.2, 0) is 0 Å². The van der Waals surface area contributed by atoms with Gasteiger partial charge in [-0.3, -0.25) is 0 Å². The van der Waals surface area contributed by atoms with E-state index in [0.717, 1.165) is 5.56 Å². The van der Waals surface area contributed by atoms with Crippen molar-refractivity contribution in [1.29, 1.82) is 5.26 Å². The third kappa shape index (κ3) is 3.70. The summed E-state index contributed by atoms with van der Waals surface area (Å²) < 4.78 is 15.1. The van der Waals surface area contributed by atoms with Gasteiger partial charge in [0.1, 0.15) is 11.9 Å². The summed E-state index contributed by atoms with van der Waals surface area (Å²) in [6, 6.07) is 16.5. The Balaban J connectivity index is 2.07. The van der Waals surface area contributed by atoms with Crippen molar-refractivity contribution in [2.24, 2.45) is 0 Å². The van der Waals surface area contributed by atoms with Crippen molar-refractivity contribution in [3.05, 3.63) is 66.2 Å². The molecule has 0 atom stereocenters. The third-order valence-corrected chi connectivity index (χ3v) is 3.73. The molecule has 0 fully saturated rings. The Bertz CT molecular complexity index is 970. The quantitative estimate of drug-likeness (QED) is 0.722. The lowest BCUT2D eigenvalue weighted by atomic mass is 10.0. The number of nitriles is 1. The Morgan fingerprint density at radius 2 is 1.69 bits per heavy atom. The van der Waals surface area contributed by atoms with Gasteiger partial charge in [-0.1, -0.05) is 42.5 Å². The molecule has 130 valence electrons. The molecule has 0 saturated carbocycles. The van der Waals surface area contributed by atoms with E-state index in [9.17, 15) is 5.26 Å². The van der Waals surface area contributed by atoms with Crippen LogP contribution in [0.15, 0.2) is 54.7 Å². The maximum Gasteiger partial charge on any atom is 0.183 e. The van der Waals surface area contributed by atoms with Crippen molar-refractivity contribution >= 4 is 5.82 Å². The fourth-order valence-electron chi connectivity index (χ4n) is 2.61. The molecule has 0 unspecified atom stereocenters. The molecule has 0 radical (unpaired) electrons. The van der Waals surface area contributed by atoms with Gasteiger partial charge in [-0.2, -0.15) is 5.26 Å². The van der Waals surface area contributed by atoms with E-state index in [4.69, 9.17) is 0 Å². The molecule has 4 nitrogen and oxygen atoms in total. The fourth-order valence-corrected chi connectivity index (χ4v) is 2.61. The summed E-state index contributed by atoms with van der Waals surface area (Å²) in [6.07, 6.45) is 1.49. The van der Waals surface area contributed by atoms with Crippen LogP contribution < -0.4 is 5.32 Å². The van der Waals surface area contributed by atoms with Gasteiger partial charge in [0.05, 0.1) is 11.9 Å². The van der Waals surface area contributed by atoms with Crippen LogP contribution in [-0.4, -0.2) is 15.5 Å². The standard InChI is InChI=1S/C21H19FN4/c1-21(2,3)26-20-17(12-23)25-18(13-24-20)16-11-7-10-15(19(16)22)14-8-5-4-6-9-14/h4-11,13H,1-3H3,(H,24,26). The first-order valence-electron chi connectivity index (χ1n) is 8.28. The number of benzene rings is 2. The van der Waals surface area contributed by atoms with E-state index < -0.39 is 0 Å². The molecule has 0 amide bonds. The molecule has 0 aliphatic rings. The molecule has 1 heterocycles. The van der Waals surface area contributed by atoms with Gasteiger partial charge in [-0.25, -0.2) is 14.4 Å². The van der Waals surface area contributed by atoms with Crippen molar-refractivity contribution in [2.75, 3.05) is 5.32 Å². The molecule has 3 aromatic rings. The second-order valence-electron chi connectivity index (χ2n) is 6.97. The molecular weight excluding hydrogens is 327 g/mol. The lowest BCUT2D eigenvalue weighted by Crippen LogP contribution is -2.27.